The first kappa shape index (κ1) is 29.7. The molecule has 5 aromatic carbocycles. The van der Waals surface area contributed by atoms with E-state index in [0.29, 0.717) is 11.4 Å². The number of fused-ring (bicyclic) bond motifs is 9. The summed E-state index contributed by atoms with van der Waals surface area (Å²) in [6.45, 7) is 8.00. The van der Waals surface area contributed by atoms with Gasteiger partial charge in [0.1, 0.15) is 0 Å². The minimum Gasteiger partial charge on any atom is -0.397 e. The summed E-state index contributed by atoms with van der Waals surface area (Å²) in [6.07, 6.45) is 9.74. The van der Waals surface area contributed by atoms with Crippen LogP contribution >= 0.6 is 11.3 Å². The summed E-state index contributed by atoms with van der Waals surface area (Å²) in [5, 5.41) is 17.1. The van der Waals surface area contributed by atoms with Crippen LogP contribution in [-0.2, 0) is 7.05 Å². The van der Waals surface area contributed by atoms with Crippen molar-refractivity contribution in [2.24, 2.45) is 18.5 Å². The van der Waals surface area contributed by atoms with Crippen LogP contribution in [0.15, 0.2) is 127 Å². The van der Waals surface area contributed by atoms with Crippen LogP contribution in [0.5, 0.6) is 0 Å². The molecule has 0 atom stereocenters. The molecule has 5 heteroatoms. The van der Waals surface area contributed by atoms with Crippen molar-refractivity contribution in [3.05, 3.63) is 144 Å². The van der Waals surface area contributed by atoms with Gasteiger partial charge in [-0.25, -0.2) is 0 Å². The Bertz CT molecular complexity index is 2350. The van der Waals surface area contributed by atoms with Crippen molar-refractivity contribution in [2.45, 2.75) is 13.8 Å². The fraction of sp³-hybridized carbons (Fsp3) is 0.0750. The average Bonchev–Trinajstić information content (AvgIpc) is 3.59. The zero-order valence-electron chi connectivity index (χ0n) is 25.8. The summed E-state index contributed by atoms with van der Waals surface area (Å²) < 4.78 is 4.99. The number of nitrogens with one attached hydrogen (secondary N) is 1. The molecule has 0 radical (unpaired) electrons. The third-order valence-corrected chi connectivity index (χ3v) is 9.41. The van der Waals surface area contributed by atoms with E-state index in [4.69, 9.17) is 16.9 Å². The standard InChI is InChI=1S/C28H21NS.C12H15N3/c1-4-8-18-20-15-14-19-21(28(20)29(3)23(18)5-2)13-11-17-12-16-25-27(26(17)19)22-9-6-7-10-24(22)30-25;1-2-6-10(13)12(15)11(14)9-7-4-3-5-8-9/h4-16H,2H2,1,3H3;2-8,14H,13,15H2,1H3/b8-4-;6-2-,12-10+,14-11?. The Labute approximate surface area is 267 Å². The van der Waals surface area contributed by atoms with Crippen LogP contribution in [-0.4, -0.2) is 10.3 Å². The van der Waals surface area contributed by atoms with Gasteiger partial charge in [-0.05, 0) is 54.3 Å². The SMILES string of the molecule is C/C=C\C(N)=C(/N)C(=N)c1ccccc1.C=Cc1c(/C=C\C)c2ccc3c(ccc4ccc5sc6ccccc6c5c43)c2n1C. The van der Waals surface area contributed by atoms with Gasteiger partial charge in [0, 0.05) is 54.8 Å². The molecule has 0 fully saturated rings. The van der Waals surface area contributed by atoms with Crippen molar-refractivity contribution in [1.82, 2.24) is 4.57 Å². The van der Waals surface area contributed by atoms with Gasteiger partial charge in [0.2, 0.25) is 0 Å². The zero-order chi connectivity index (χ0) is 31.7. The molecule has 2 heterocycles. The molecule has 45 heavy (non-hydrogen) atoms. The van der Waals surface area contributed by atoms with Crippen LogP contribution in [0.25, 0.3) is 64.8 Å². The van der Waals surface area contributed by atoms with Gasteiger partial charge in [-0.3, -0.25) is 5.41 Å². The third kappa shape index (κ3) is 5.11. The smallest absolute Gasteiger partial charge is 0.0862 e. The van der Waals surface area contributed by atoms with E-state index < -0.39 is 0 Å². The highest BCUT2D eigenvalue weighted by Crippen LogP contribution is 2.43. The Morgan fingerprint density at radius 1 is 0.756 bits per heavy atom. The van der Waals surface area contributed by atoms with E-state index in [9.17, 15) is 0 Å². The summed E-state index contributed by atoms with van der Waals surface area (Å²) >= 11 is 1.88. The summed E-state index contributed by atoms with van der Waals surface area (Å²) in [6, 6.07) is 31.7. The number of thiophene rings is 1. The summed E-state index contributed by atoms with van der Waals surface area (Å²) in [5.74, 6) is 0. The highest BCUT2D eigenvalue weighted by molar-refractivity contribution is 7.26. The van der Waals surface area contributed by atoms with E-state index in [1.165, 1.54) is 58.2 Å². The van der Waals surface area contributed by atoms with Gasteiger partial charge in [-0.1, -0.05) is 104 Å². The molecule has 0 aliphatic carbocycles. The second kappa shape index (κ2) is 12.3. The lowest BCUT2D eigenvalue weighted by molar-refractivity contribution is 0.957. The number of rotatable bonds is 5. The molecule has 0 amide bonds. The first-order chi connectivity index (χ1) is 21.9. The molecule has 7 aromatic rings. The minimum absolute atomic E-state index is 0.256. The Kier molecular flexibility index (Phi) is 8.12. The minimum atomic E-state index is 0.256. The van der Waals surface area contributed by atoms with E-state index in [1.807, 2.05) is 54.7 Å². The zero-order valence-corrected chi connectivity index (χ0v) is 26.6. The summed E-state index contributed by atoms with van der Waals surface area (Å²) in [4.78, 5) is 0. The predicted octanol–water partition coefficient (Wildman–Crippen LogP) is 10.3. The van der Waals surface area contributed by atoms with E-state index in [2.05, 4.69) is 97.9 Å². The number of nitrogens with two attached hydrogens (primary N) is 2. The van der Waals surface area contributed by atoms with Crippen LogP contribution in [0.4, 0.5) is 0 Å². The second-order valence-corrected chi connectivity index (χ2v) is 12.0. The fourth-order valence-electron chi connectivity index (χ4n) is 6.21. The third-order valence-electron chi connectivity index (χ3n) is 8.27. The molecule has 0 aliphatic rings. The van der Waals surface area contributed by atoms with E-state index in [1.54, 1.807) is 12.2 Å². The molecule has 4 nitrogen and oxygen atoms in total. The number of hydrogen-bond donors (Lipinski definition) is 3. The quantitative estimate of drug-likeness (QED) is 0.104. The van der Waals surface area contributed by atoms with Crippen molar-refractivity contribution in [3.63, 3.8) is 0 Å². The van der Waals surface area contributed by atoms with Crippen LogP contribution in [0.1, 0.15) is 30.7 Å². The molecule has 0 aliphatic heterocycles. The monoisotopic (exact) mass is 604 g/mol. The Hall–Kier alpha value is -5.39. The predicted molar refractivity (Wildman–Crippen MR) is 199 cm³/mol. The maximum absolute atomic E-state index is 7.85. The van der Waals surface area contributed by atoms with Crippen molar-refractivity contribution in [2.75, 3.05) is 0 Å². The molecule has 222 valence electrons. The van der Waals surface area contributed by atoms with Gasteiger partial charge < -0.3 is 16.0 Å². The van der Waals surface area contributed by atoms with Crippen LogP contribution < -0.4 is 11.5 Å². The van der Waals surface area contributed by atoms with Gasteiger partial charge in [0.25, 0.3) is 0 Å². The van der Waals surface area contributed by atoms with Gasteiger partial charge in [0.05, 0.1) is 22.6 Å². The van der Waals surface area contributed by atoms with E-state index >= 15 is 0 Å². The van der Waals surface area contributed by atoms with Crippen LogP contribution in [0.2, 0.25) is 0 Å². The number of nitrogens with zero attached hydrogens (tertiary/aromatic N) is 1. The fourth-order valence-corrected chi connectivity index (χ4v) is 7.32. The molecular weight excluding hydrogens is 569 g/mol. The molecule has 2 aromatic heterocycles. The normalized spacial score (nSPS) is 12.4. The number of benzene rings is 5. The molecule has 0 unspecified atom stereocenters. The van der Waals surface area contributed by atoms with Crippen LogP contribution in [0, 0.1) is 5.41 Å². The van der Waals surface area contributed by atoms with Crippen LogP contribution in [0.3, 0.4) is 0 Å². The lowest BCUT2D eigenvalue weighted by Gasteiger charge is -2.09. The van der Waals surface area contributed by atoms with Crippen molar-refractivity contribution in [3.8, 4) is 0 Å². The molecule has 0 spiro atoms. The van der Waals surface area contributed by atoms with Gasteiger partial charge in [-0.15, -0.1) is 11.3 Å². The highest BCUT2D eigenvalue weighted by Gasteiger charge is 2.17. The number of aromatic nitrogens is 1. The molecule has 0 saturated heterocycles. The Morgan fingerprint density at radius 3 is 2.18 bits per heavy atom. The number of allylic oxidation sites excluding steroid dienone is 4. The topological polar surface area (TPSA) is 80.8 Å². The number of hydrogen-bond acceptors (Lipinski definition) is 4. The lowest BCUT2D eigenvalue weighted by atomic mass is 9.96. The second-order valence-electron chi connectivity index (χ2n) is 10.9. The molecule has 0 bridgehead atoms. The first-order valence-corrected chi connectivity index (χ1v) is 15.8. The van der Waals surface area contributed by atoms with Gasteiger partial charge >= 0.3 is 0 Å². The van der Waals surface area contributed by atoms with Crippen molar-refractivity contribution < 1.29 is 0 Å². The van der Waals surface area contributed by atoms with Gasteiger partial charge in [0.15, 0.2) is 0 Å². The highest BCUT2D eigenvalue weighted by atomic mass is 32.1. The molecule has 5 N–H and O–H groups in total. The molecular formula is C40H36N4S. The number of aryl methyl sites for hydroxylation is 1. The van der Waals surface area contributed by atoms with Crippen molar-refractivity contribution >= 4 is 81.8 Å². The summed E-state index contributed by atoms with van der Waals surface area (Å²) in [5.41, 5.74) is 16.9. The maximum Gasteiger partial charge on any atom is 0.0862 e. The lowest BCUT2D eigenvalue weighted by Crippen LogP contribution is -2.17. The van der Waals surface area contributed by atoms with Gasteiger partial charge in [-0.2, -0.15) is 0 Å². The maximum atomic E-state index is 7.85. The molecule has 0 saturated carbocycles. The Morgan fingerprint density at radius 2 is 1.44 bits per heavy atom. The first-order valence-electron chi connectivity index (χ1n) is 14.9. The summed E-state index contributed by atoms with van der Waals surface area (Å²) in [7, 11) is 2.15. The van der Waals surface area contributed by atoms with E-state index in [0.717, 1.165) is 11.3 Å². The Balaban J connectivity index is 0.000000202. The largest absolute Gasteiger partial charge is 0.397 e. The molecule has 7 rings (SSSR count). The van der Waals surface area contributed by atoms with Crippen molar-refractivity contribution in [1.29, 1.82) is 5.41 Å². The van der Waals surface area contributed by atoms with E-state index in [-0.39, 0.29) is 5.71 Å². The average molecular weight is 605 g/mol.